The highest BCUT2D eigenvalue weighted by atomic mass is 32.1. The first-order valence-corrected chi connectivity index (χ1v) is 5.19. The first-order valence-electron chi connectivity index (χ1n) is 4.37. The molecule has 0 saturated carbocycles. The van der Waals surface area contributed by atoms with Gasteiger partial charge in [0.15, 0.2) is 0 Å². The predicted octanol–water partition coefficient (Wildman–Crippen LogP) is 0.927. The quantitative estimate of drug-likeness (QED) is 0.816. The molecule has 74 valence electrons. The zero-order chi connectivity index (χ0) is 9.97. The van der Waals surface area contributed by atoms with Gasteiger partial charge in [0.25, 0.3) is 0 Å². The van der Waals surface area contributed by atoms with Crippen LogP contribution in [0.1, 0.15) is 17.8 Å². The van der Waals surface area contributed by atoms with Gasteiger partial charge in [-0.2, -0.15) is 0 Å². The second-order valence-corrected chi connectivity index (χ2v) is 3.93. The summed E-state index contributed by atoms with van der Waals surface area (Å²) < 4.78 is 2.08. The molecule has 0 bridgehead atoms. The molecule has 14 heavy (non-hydrogen) atoms. The number of nitrogens with zero attached hydrogens (tertiary/aromatic N) is 4. The molecule has 0 radical (unpaired) electrons. The lowest BCUT2D eigenvalue weighted by Crippen LogP contribution is -2.01. The van der Waals surface area contributed by atoms with Crippen molar-refractivity contribution < 1.29 is 0 Å². The first kappa shape index (κ1) is 9.14. The van der Waals surface area contributed by atoms with Crippen LogP contribution in [0.25, 0.3) is 0 Å². The molecule has 2 rings (SSSR count). The van der Waals surface area contributed by atoms with Crippen LogP contribution >= 0.6 is 11.3 Å². The minimum atomic E-state index is 0.509. The Morgan fingerprint density at radius 2 is 2.36 bits per heavy atom. The molecule has 0 aliphatic carbocycles. The van der Waals surface area contributed by atoms with Crippen molar-refractivity contribution in [2.45, 2.75) is 19.9 Å². The van der Waals surface area contributed by atoms with Crippen LogP contribution in [0.4, 0.5) is 5.13 Å². The summed E-state index contributed by atoms with van der Waals surface area (Å²) in [6.07, 6.45) is 4.46. The van der Waals surface area contributed by atoms with E-state index in [9.17, 15) is 0 Å². The highest BCUT2D eigenvalue weighted by molar-refractivity contribution is 7.15. The fourth-order valence-corrected chi connectivity index (χ4v) is 1.87. The molecule has 0 saturated heterocycles. The Morgan fingerprint density at radius 3 is 3.00 bits per heavy atom. The fraction of sp³-hybridized carbons (Fsp3) is 0.375. The van der Waals surface area contributed by atoms with E-state index in [1.54, 1.807) is 6.20 Å². The first-order chi connectivity index (χ1) is 6.79. The number of imidazole rings is 1. The van der Waals surface area contributed by atoms with E-state index in [-0.39, 0.29) is 0 Å². The van der Waals surface area contributed by atoms with Gasteiger partial charge in [0.1, 0.15) is 10.8 Å². The predicted molar refractivity (Wildman–Crippen MR) is 55.0 cm³/mol. The van der Waals surface area contributed by atoms with E-state index in [0.717, 1.165) is 17.4 Å². The van der Waals surface area contributed by atoms with Gasteiger partial charge in [0.2, 0.25) is 5.13 Å². The third-order valence-electron chi connectivity index (χ3n) is 1.93. The molecule has 2 heterocycles. The van der Waals surface area contributed by atoms with Crippen molar-refractivity contribution in [2.24, 2.45) is 0 Å². The number of nitrogens with two attached hydrogens (primary N) is 1. The van der Waals surface area contributed by atoms with Gasteiger partial charge in [0.05, 0.1) is 6.42 Å². The average Bonchev–Trinajstić information content (AvgIpc) is 2.76. The van der Waals surface area contributed by atoms with Gasteiger partial charge in [-0.3, -0.25) is 0 Å². The van der Waals surface area contributed by atoms with E-state index >= 15 is 0 Å². The summed E-state index contributed by atoms with van der Waals surface area (Å²) in [4.78, 5) is 4.25. The summed E-state index contributed by atoms with van der Waals surface area (Å²) in [5, 5.41) is 9.13. The van der Waals surface area contributed by atoms with E-state index in [1.807, 2.05) is 6.20 Å². The van der Waals surface area contributed by atoms with Crippen molar-refractivity contribution in [1.29, 1.82) is 0 Å². The average molecular weight is 209 g/mol. The summed E-state index contributed by atoms with van der Waals surface area (Å²) in [6, 6.07) is 0. The third-order valence-corrected chi connectivity index (χ3v) is 2.69. The van der Waals surface area contributed by atoms with Gasteiger partial charge in [-0.25, -0.2) is 4.98 Å². The molecule has 0 aliphatic heterocycles. The Hall–Kier alpha value is -1.43. The van der Waals surface area contributed by atoms with E-state index in [4.69, 9.17) is 5.73 Å². The zero-order valence-electron chi connectivity index (χ0n) is 7.84. The Bertz CT molecular complexity index is 419. The number of aromatic nitrogens is 4. The topological polar surface area (TPSA) is 69.6 Å². The monoisotopic (exact) mass is 209 g/mol. The highest BCUT2D eigenvalue weighted by Crippen LogP contribution is 2.14. The minimum absolute atomic E-state index is 0.509. The molecule has 0 aromatic carbocycles. The summed E-state index contributed by atoms with van der Waals surface area (Å²) in [5.74, 6) is 1.00. The minimum Gasteiger partial charge on any atom is -0.374 e. The summed E-state index contributed by atoms with van der Waals surface area (Å²) in [6.45, 7) is 3.00. The Labute approximate surface area is 85.6 Å². The maximum Gasteiger partial charge on any atom is 0.203 e. The van der Waals surface area contributed by atoms with Gasteiger partial charge in [-0.05, 0) is 6.92 Å². The van der Waals surface area contributed by atoms with Crippen LogP contribution in [0.15, 0.2) is 12.4 Å². The Balaban J connectivity index is 2.18. The lowest BCUT2D eigenvalue weighted by molar-refractivity contribution is 0.709. The maximum absolute atomic E-state index is 5.50. The molecule has 0 fully saturated rings. The molecule has 0 amide bonds. The zero-order valence-corrected chi connectivity index (χ0v) is 8.66. The molecule has 2 N–H and O–H groups in total. The molecule has 0 aliphatic rings. The summed E-state index contributed by atoms with van der Waals surface area (Å²) >= 11 is 1.41. The van der Waals surface area contributed by atoms with Crippen LogP contribution in [0.2, 0.25) is 0 Å². The number of anilines is 1. The smallest absolute Gasteiger partial charge is 0.203 e. The Morgan fingerprint density at radius 1 is 1.50 bits per heavy atom. The van der Waals surface area contributed by atoms with Crippen LogP contribution in [-0.4, -0.2) is 19.7 Å². The molecular formula is C8H11N5S. The SMILES string of the molecule is CCn1ccnc1Cc1nnc(N)s1. The molecule has 2 aromatic heterocycles. The van der Waals surface area contributed by atoms with Crippen molar-refractivity contribution in [1.82, 2.24) is 19.7 Å². The van der Waals surface area contributed by atoms with E-state index in [1.165, 1.54) is 11.3 Å². The maximum atomic E-state index is 5.50. The van der Waals surface area contributed by atoms with Gasteiger partial charge in [-0.15, -0.1) is 10.2 Å². The molecule has 5 nitrogen and oxygen atoms in total. The van der Waals surface area contributed by atoms with E-state index < -0.39 is 0 Å². The molecule has 0 unspecified atom stereocenters. The van der Waals surface area contributed by atoms with Gasteiger partial charge in [0, 0.05) is 18.9 Å². The molecular weight excluding hydrogens is 198 g/mol. The largest absolute Gasteiger partial charge is 0.374 e. The van der Waals surface area contributed by atoms with Crippen LogP contribution < -0.4 is 5.73 Å². The van der Waals surface area contributed by atoms with Crippen LogP contribution in [0.5, 0.6) is 0 Å². The standard InChI is InChI=1S/C8H11N5S/c1-2-13-4-3-10-6(13)5-7-11-12-8(9)14-7/h3-4H,2,5H2,1H3,(H2,9,12). The number of nitrogen functional groups attached to an aromatic ring is 1. The van der Waals surface area contributed by atoms with E-state index in [2.05, 4.69) is 26.7 Å². The van der Waals surface area contributed by atoms with Gasteiger partial charge >= 0.3 is 0 Å². The van der Waals surface area contributed by atoms with Crippen LogP contribution in [0, 0.1) is 0 Å². The van der Waals surface area contributed by atoms with Crippen molar-refractivity contribution in [2.75, 3.05) is 5.73 Å². The molecule has 0 spiro atoms. The van der Waals surface area contributed by atoms with Crippen molar-refractivity contribution in [3.63, 3.8) is 0 Å². The molecule has 0 atom stereocenters. The van der Waals surface area contributed by atoms with Crippen molar-refractivity contribution in [3.8, 4) is 0 Å². The number of hydrogen-bond donors (Lipinski definition) is 1. The van der Waals surface area contributed by atoms with Crippen LogP contribution in [-0.2, 0) is 13.0 Å². The van der Waals surface area contributed by atoms with Crippen LogP contribution in [0.3, 0.4) is 0 Å². The number of aryl methyl sites for hydroxylation is 1. The third kappa shape index (κ3) is 1.74. The second kappa shape index (κ2) is 3.75. The summed E-state index contributed by atoms with van der Waals surface area (Å²) in [7, 11) is 0. The fourth-order valence-electron chi connectivity index (χ4n) is 1.27. The van der Waals surface area contributed by atoms with Crippen molar-refractivity contribution >= 4 is 16.5 Å². The summed E-state index contributed by atoms with van der Waals surface area (Å²) in [5.41, 5.74) is 5.50. The Kier molecular flexibility index (Phi) is 2.45. The highest BCUT2D eigenvalue weighted by Gasteiger charge is 2.06. The second-order valence-electron chi connectivity index (χ2n) is 2.84. The molecule has 2 aromatic rings. The number of hydrogen-bond acceptors (Lipinski definition) is 5. The normalized spacial score (nSPS) is 10.6. The molecule has 6 heteroatoms. The van der Waals surface area contributed by atoms with E-state index in [0.29, 0.717) is 11.6 Å². The lowest BCUT2D eigenvalue weighted by atomic mass is 10.4. The number of rotatable bonds is 3. The lowest BCUT2D eigenvalue weighted by Gasteiger charge is -2.00. The van der Waals surface area contributed by atoms with Crippen molar-refractivity contribution in [3.05, 3.63) is 23.2 Å². The van der Waals surface area contributed by atoms with Gasteiger partial charge in [-0.1, -0.05) is 11.3 Å². The van der Waals surface area contributed by atoms with Gasteiger partial charge < -0.3 is 10.3 Å².